The fourth-order valence-electron chi connectivity index (χ4n) is 2.86. The minimum atomic E-state index is -0.250. The van der Waals surface area contributed by atoms with Crippen LogP contribution in [0.15, 0.2) is 11.3 Å². The zero-order valence-corrected chi connectivity index (χ0v) is 15.4. The number of piperidine rings is 1. The minimum Gasteiger partial charge on any atom is -0.453 e. The molecule has 0 bridgehead atoms. The number of guanidine groups is 1. The van der Waals surface area contributed by atoms with Crippen LogP contribution >= 0.6 is 0 Å². The normalized spacial score (nSPS) is 16.0. The van der Waals surface area contributed by atoms with Gasteiger partial charge in [0, 0.05) is 38.6 Å². The average molecular weight is 351 g/mol. The van der Waals surface area contributed by atoms with Crippen LogP contribution in [-0.2, 0) is 17.7 Å². The maximum absolute atomic E-state index is 11.5. The van der Waals surface area contributed by atoms with Crippen molar-refractivity contribution < 1.29 is 9.53 Å². The third kappa shape index (κ3) is 5.61. The van der Waals surface area contributed by atoms with Crippen molar-refractivity contribution in [2.45, 2.75) is 45.7 Å². The van der Waals surface area contributed by atoms with E-state index in [2.05, 4.69) is 32.7 Å². The van der Waals surface area contributed by atoms with Gasteiger partial charge in [-0.05, 0) is 19.8 Å². The fourth-order valence-corrected chi connectivity index (χ4v) is 2.86. The van der Waals surface area contributed by atoms with Gasteiger partial charge in [-0.15, -0.1) is 10.2 Å². The maximum Gasteiger partial charge on any atom is 0.409 e. The number of aromatic nitrogens is 3. The molecule has 1 aromatic rings. The Morgan fingerprint density at radius 3 is 2.80 bits per heavy atom. The summed E-state index contributed by atoms with van der Waals surface area (Å²) in [7, 11) is 1.42. The molecule has 0 atom stereocenters. The van der Waals surface area contributed by atoms with E-state index in [4.69, 9.17) is 4.74 Å². The summed E-state index contributed by atoms with van der Waals surface area (Å²) in [5.74, 6) is 1.79. The number of methoxy groups -OCH3 is 1. The van der Waals surface area contributed by atoms with Crippen LogP contribution in [0.25, 0.3) is 0 Å². The molecule has 1 fully saturated rings. The molecule has 0 aliphatic carbocycles. The number of aryl methyl sites for hydroxylation is 1. The lowest BCUT2D eigenvalue weighted by molar-refractivity contribution is 0.111. The number of hydrogen-bond donors (Lipinski definition) is 2. The number of carbonyl (C=O) groups excluding carboxylic acids is 1. The van der Waals surface area contributed by atoms with E-state index in [1.165, 1.54) is 7.11 Å². The second kappa shape index (κ2) is 9.85. The number of ether oxygens (including phenoxy) is 1. The van der Waals surface area contributed by atoms with E-state index in [0.29, 0.717) is 25.7 Å². The van der Waals surface area contributed by atoms with Gasteiger partial charge in [0.05, 0.1) is 13.7 Å². The number of nitrogens with one attached hydrogen (secondary N) is 2. The van der Waals surface area contributed by atoms with Gasteiger partial charge in [-0.25, -0.2) is 4.79 Å². The first-order valence-electron chi connectivity index (χ1n) is 8.92. The fraction of sp³-hybridized carbons (Fsp3) is 0.750. The molecule has 9 nitrogen and oxygen atoms in total. The summed E-state index contributed by atoms with van der Waals surface area (Å²) in [5, 5.41) is 14.8. The zero-order valence-electron chi connectivity index (χ0n) is 15.4. The molecule has 2 N–H and O–H groups in total. The van der Waals surface area contributed by atoms with Crippen molar-refractivity contribution in [2.24, 2.45) is 4.99 Å². The third-order valence-corrected chi connectivity index (χ3v) is 4.24. The Balaban J connectivity index is 1.83. The molecule has 1 aliphatic heterocycles. The molecule has 0 spiro atoms. The highest BCUT2D eigenvalue weighted by Crippen LogP contribution is 2.11. The van der Waals surface area contributed by atoms with Crippen LogP contribution in [0.4, 0.5) is 4.79 Å². The number of hydrogen-bond acceptors (Lipinski definition) is 5. The van der Waals surface area contributed by atoms with Crippen molar-refractivity contribution in [3.8, 4) is 0 Å². The van der Waals surface area contributed by atoms with Gasteiger partial charge in [0.2, 0.25) is 0 Å². The van der Waals surface area contributed by atoms with Crippen LogP contribution < -0.4 is 10.6 Å². The number of amides is 1. The lowest BCUT2D eigenvalue weighted by Crippen LogP contribution is -2.49. The first-order valence-corrected chi connectivity index (χ1v) is 8.92. The van der Waals surface area contributed by atoms with Crippen LogP contribution in [0.3, 0.4) is 0 Å². The summed E-state index contributed by atoms with van der Waals surface area (Å²) in [6, 6.07) is 0.305. The number of rotatable bonds is 6. The largest absolute Gasteiger partial charge is 0.453 e. The topological polar surface area (TPSA) is 96.7 Å². The molecule has 1 aliphatic rings. The van der Waals surface area contributed by atoms with Crippen LogP contribution in [0.1, 0.15) is 32.5 Å². The molecule has 25 heavy (non-hydrogen) atoms. The predicted molar refractivity (Wildman–Crippen MR) is 95.5 cm³/mol. The molecule has 2 rings (SSSR count). The van der Waals surface area contributed by atoms with Crippen LogP contribution in [0.5, 0.6) is 0 Å². The Hall–Kier alpha value is -2.32. The summed E-state index contributed by atoms with van der Waals surface area (Å²) in [5.41, 5.74) is 0. The van der Waals surface area contributed by atoms with E-state index in [1.54, 1.807) is 11.2 Å². The van der Waals surface area contributed by atoms with Gasteiger partial charge in [-0.2, -0.15) is 0 Å². The third-order valence-electron chi connectivity index (χ3n) is 4.24. The molecule has 1 saturated heterocycles. The number of aliphatic imine (C=N–C) groups is 1. The smallest absolute Gasteiger partial charge is 0.409 e. The number of likely N-dealkylation sites (tertiary alicyclic amines) is 1. The predicted octanol–water partition coefficient (Wildman–Crippen LogP) is 0.626. The quantitative estimate of drug-likeness (QED) is 0.576. The van der Waals surface area contributed by atoms with Crippen molar-refractivity contribution >= 4 is 12.1 Å². The van der Waals surface area contributed by atoms with E-state index in [0.717, 1.165) is 44.1 Å². The van der Waals surface area contributed by atoms with Gasteiger partial charge in [-0.1, -0.05) is 6.92 Å². The highest BCUT2D eigenvalue weighted by Gasteiger charge is 2.23. The van der Waals surface area contributed by atoms with E-state index in [1.807, 2.05) is 11.5 Å². The average Bonchev–Trinajstić information content (AvgIpc) is 3.09. The molecule has 1 amide bonds. The monoisotopic (exact) mass is 351 g/mol. The Kier molecular flexibility index (Phi) is 7.49. The second-order valence-corrected chi connectivity index (χ2v) is 5.93. The summed E-state index contributed by atoms with van der Waals surface area (Å²) < 4.78 is 6.80. The highest BCUT2D eigenvalue weighted by molar-refractivity contribution is 5.80. The molecule has 0 saturated carbocycles. The Labute approximate surface area is 148 Å². The summed E-state index contributed by atoms with van der Waals surface area (Å²) >= 11 is 0. The van der Waals surface area contributed by atoms with E-state index in [9.17, 15) is 4.79 Å². The van der Waals surface area contributed by atoms with Crippen molar-refractivity contribution in [3.05, 3.63) is 12.2 Å². The summed E-state index contributed by atoms with van der Waals surface area (Å²) in [4.78, 5) is 17.9. The van der Waals surface area contributed by atoms with E-state index in [-0.39, 0.29) is 6.09 Å². The molecular weight excluding hydrogens is 322 g/mol. The van der Waals surface area contributed by atoms with Crippen molar-refractivity contribution in [2.75, 3.05) is 33.3 Å². The Morgan fingerprint density at radius 2 is 2.16 bits per heavy atom. The molecular formula is C16H29N7O2. The van der Waals surface area contributed by atoms with Crippen molar-refractivity contribution in [1.82, 2.24) is 30.3 Å². The molecule has 9 heteroatoms. The maximum atomic E-state index is 11.5. The molecule has 0 aromatic carbocycles. The molecule has 0 radical (unpaired) electrons. The Morgan fingerprint density at radius 1 is 1.40 bits per heavy atom. The first kappa shape index (κ1) is 19.0. The van der Waals surface area contributed by atoms with Gasteiger partial charge in [0.15, 0.2) is 5.96 Å². The van der Waals surface area contributed by atoms with Gasteiger partial charge in [0.25, 0.3) is 0 Å². The Bertz CT molecular complexity index is 565. The van der Waals surface area contributed by atoms with Crippen LogP contribution in [0.2, 0.25) is 0 Å². The number of carbonyl (C=O) groups is 1. The van der Waals surface area contributed by atoms with Crippen molar-refractivity contribution in [1.29, 1.82) is 0 Å². The highest BCUT2D eigenvalue weighted by atomic mass is 16.5. The van der Waals surface area contributed by atoms with Crippen LogP contribution in [0, 0.1) is 0 Å². The standard InChI is InChI=1S/C16H29N7O2/c1-4-14-21-19-12-23(14)11-8-18-15(17-5-2)20-13-6-9-22(10-7-13)16(24)25-3/h12-13H,4-11H2,1-3H3,(H2,17,18,20). The van der Waals surface area contributed by atoms with Gasteiger partial charge in [-0.3, -0.25) is 4.99 Å². The van der Waals surface area contributed by atoms with Crippen molar-refractivity contribution in [3.63, 3.8) is 0 Å². The molecule has 0 unspecified atom stereocenters. The molecule has 1 aromatic heterocycles. The SMILES string of the molecule is CCNC(=NCCn1cnnc1CC)NC1CCN(C(=O)OC)CC1. The summed E-state index contributed by atoms with van der Waals surface area (Å²) in [6.45, 7) is 7.73. The molecule has 2 heterocycles. The van der Waals surface area contributed by atoms with Gasteiger partial charge < -0.3 is 24.8 Å². The van der Waals surface area contributed by atoms with Gasteiger partial charge in [0.1, 0.15) is 12.2 Å². The zero-order chi connectivity index (χ0) is 18.1. The van der Waals surface area contributed by atoms with Gasteiger partial charge >= 0.3 is 6.09 Å². The molecule has 140 valence electrons. The second-order valence-electron chi connectivity index (χ2n) is 5.93. The lowest BCUT2D eigenvalue weighted by atomic mass is 10.1. The summed E-state index contributed by atoms with van der Waals surface area (Å²) in [6.07, 6.45) is 4.12. The van der Waals surface area contributed by atoms with E-state index >= 15 is 0 Å². The van der Waals surface area contributed by atoms with E-state index < -0.39 is 0 Å². The first-order chi connectivity index (χ1) is 12.2. The lowest BCUT2D eigenvalue weighted by Gasteiger charge is -2.32. The number of nitrogens with zero attached hydrogens (tertiary/aromatic N) is 5. The minimum absolute atomic E-state index is 0.250. The van der Waals surface area contributed by atoms with Crippen LogP contribution in [-0.4, -0.2) is 71.0 Å².